The molecule has 1 fully saturated rings. The van der Waals surface area contributed by atoms with Crippen molar-refractivity contribution < 1.29 is 14.3 Å². The number of ether oxygens (including phenoxy) is 2. The van der Waals surface area contributed by atoms with Crippen LogP contribution >= 0.6 is 0 Å². The van der Waals surface area contributed by atoms with Crippen LogP contribution in [0, 0.1) is 6.92 Å². The van der Waals surface area contributed by atoms with Gasteiger partial charge in [-0.15, -0.1) is 0 Å². The third-order valence-corrected chi connectivity index (χ3v) is 5.66. The number of hydrogen-bond donors (Lipinski definition) is 3. The van der Waals surface area contributed by atoms with Gasteiger partial charge in [0, 0.05) is 36.7 Å². The first-order chi connectivity index (χ1) is 17.0. The molecule has 35 heavy (non-hydrogen) atoms. The molecule has 1 aliphatic rings. The quantitative estimate of drug-likeness (QED) is 0.351. The highest BCUT2D eigenvalue weighted by molar-refractivity contribution is 5.86. The Morgan fingerprint density at radius 3 is 2.71 bits per heavy atom. The molecule has 0 bridgehead atoms. The van der Waals surface area contributed by atoms with Crippen LogP contribution in [0.1, 0.15) is 16.7 Å². The fourth-order valence-corrected chi connectivity index (χ4v) is 3.72. The normalized spacial score (nSPS) is 13.9. The number of nitrogens with one attached hydrogen (secondary N) is 1. The Balaban J connectivity index is 1.43. The van der Waals surface area contributed by atoms with E-state index < -0.39 is 6.09 Å². The van der Waals surface area contributed by atoms with Crippen molar-refractivity contribution in [1.82, 2.24) is 4.98 Å². The molecule has 1 amide bonds. The monoisotopic (exact) mass is 474 g/mol. The van der Waals surface area contributed by atoms with Crippen molar-refractivity contribution in [3.8, 4) is 0 Å². The molecule has 0 unspecified atom stereocenters. The van der Waals surface area contributed by atoms with Gasteiger partial charge >= 0.3 is 6.09 Å². The van der Waals surface area contributed by atoms with Crippen LogP contribution in [0.15, 0.2) is 73.2 Å². The van der Waals surface area contributed by atoms with E-state index in [1.165, 1.54) is 5.01 Å². The van der Waals surface area contributed by atoms with Gasteiger partial charge in [-0.3, -0.25) is 15.3 Å². The van der Waals surface area contributed by atoms with Gasteiger partial charge in [0.1, 0.15) is 6.61 Å². The molecule has 2 aromatic carbocycles. The molecule has 0 aliphatic carbocycles. The minimum Gasteiger partial charge on any atom is -0.444 e. The lowest BCUT2D eigenvalue weighted by Crippen LogP contribution is -2.36. The van der Waals surface area contributed by atoms with Crippen molar-refractivity contribution in [3.63, 3.8) is 0 Å². The molecule has 3 aromatic rings. The number of nitrogens with two attached hydrogens (primary N) is 2. The zero-order valence-electron chi connectivity index (χ0n) is 19.7. The average molecular weight is 475 g/mol. The first kappa shape index (κ1) is 24.1. The van der Waals surface area contributed by atoms with Crippen LogP contribution in [-0.4, -0.2) is 37.4 Å². The van der Waals surface area contributed by atoms with Crippen molar-refractivity contribution in [2.24, 2.45) is 11.6 Å². The van der Waals surface area contributed by atoms with E-state index in [2.05, 4.69) is 15.2 Å². The lowest BCUT2D eigenvalue weighted by Gasteiger charge is -2.28. The van der Waals surface area contributed by atoms with E-state index in [-0.39, 0.29) is 6.61 Å². The fraction of sp³-hybridized carbons (Fsp3) is 0.231. The predicted octanol–water partition coefficient (Wildman–Crippen LogP) is 3.61. The van der Waals surface area contributed by atoms with Crippen LogP contribution in [0.25, 0.3) is 5.70 Å². The van der Waals surface area contributed by atoms with Crippen LogP contribution in [0.4, 0.5) is 21.9 Å². The second-order valence-electron chi connectivity index (χ2n) is 8.21. The lowest BCUT2D eigenvalue weighted by molar-refractivity contribution is 0.122. The Morgan fingerprint density at radius 2 is 1.94 bits per heavy atom. The van der Waals surface area contributed by atoms with Gasteiger partial charge in [-0.05, 0) is 36.2 Å². The molecule has 1 aliphatic heterocycles. The number of benzene rings is 2. The highest BCUT2D eigenvalue weighted by Crippen LogP contribution is 2.25. The molecule has 9 heteroatoms. The fourth-order valence-electron chi connectivity index (χ4n) is 3.72. The Hall–Kier alpha value is -4.08. The number of pyridine rings is 1. The summed E-state index contributed by atoms with van der Waals surface area (Å²) in [4.78, 5) is 18.8. The van der Waals surface area contributed by atoms with Gasteiger partial charge in [0.2, 0.25) is 0 Å². The van der Waals surface area contributed by atoms with Gasteiger partial charge in [-0.2, -0.15) is 0 Å². The van der Waals surface area contributed by atoms with E-state index in [1.54, 1.807) is 24.5 Å². The highest BCUT2D eigenvalue weighted by atomic mass is 16.5. The highest BCUT2D eigenvalue weighted by Gasteiger charge is 2.13. The zero-order valence-corrected chi connectivity index (χ0v) is 19.7. The number of aromatic nitrogens is 1. The third-order valence-electron chi connectivity index (χ3n) is 5.66. The number of amides is 1. The second kappa shape index (κ2) is 11.4. The Morgan fingerprint density at radius 1 is 1.17 bits per heavy atom. The Bertz CT molecular complexity index is 1180. The summed E-state index contributed by atoms with van der Waals surface area (Å²) in [5.74, 6) is 6.33. The van der Waals surface area contributed by atoms with Crippen LogP contribution in [0.5, 0.6) is 0 Å². The molecule has 2 heterocycles. The van der Waals surface area contributed by atoms with E-state index in [4.69, 9.17) is 21.1 Å². The van der Waals surface area contributed by atoms with Crippen LogP contribution in [-0.2, 0) is 16.1 Å². The largest absolute Gasteiger partial charge is 0.444 e. The van der Waals surface area contributed by atoms with Crippen molar-refractivity contribution in [1.29, 1.82) is 0 Å². The molecule has 1 saturated heterocycles. The van der Waals surface area contributed by atoms with Gasteiger partial charge < -0.3 is 20.1 Å². The predicted molar refractivity (Wildman–Crippen MR) is 138 cm³/mol. The molecule has 5 N–H and O–H groups in total. The van der Waals surface area contributed by atoms with Gasteiger partial charge in [0.05, 0.1) is 36.5 Å². The van der Waals surface area contributed by atoms with Crippen molar-refractivity contribution in [2.45, 2.75) is 13.5 Å². The third kappa shape index (κ3) is 6.50. The molecule has 0 radical (unpaired) electrons. The summed E-state index contributed by atoms with van der Waals surface area (Å²) in [6, 6.07) is 16.9. The first-order valence-electron chi connectivity index (χ1n) is 11.4. The molecule has 0 atom stereocenters. The molecule has 0 saturated carbocycles. The summed E-state index contributed by atoms with van der Waals surface area (Å²) >= 11 is 0. The minimum absolute atomic E-state index is 0.186. The molecule has 0 spiro atoms. The zero-order chi connectivity index (χ0) is 24.6. The number of rotatable bonds is 7. The van der Waals surface area contributed by atoms with Crippen molar-refractivity contribution in [3.05, 3.63) is 89.9 Å². The summed E-state index contributed by atoms with van der Waals surface area (Å²) in [6.07, 6.45) is 4.61. The SMILES string of the molecule is Cc1ccc(NC(=O)OCc2ccccc2)cc1N(N)/C=C(\N)c1cncc(N2CCOCC2)c1. The van der Waals surface area contributed by atoms with Crippen LogP contribution < -0.4 is 26.8 Å². The summed E-state index contributed by atoms with van der Waals surface area (Å²) in [5.41, 5.74) is 11.7. The van der Waals surface area contributed by atoms with E-state index in [0.29, 0.717) is 30.3 Å². The smallest absolute Gasteiger partial charge is 0.411 e. The maximum Gasteiger partial charge on any atom is 0.411 e. The molecular formula is C26H30N6O3. The summed E-state index contributed by atoms with van der Waals surface area (Å²) < 4.78 is 10.7. The summed E-state index contributed by atoms with van der Waals surface area (Å²) in [5, 5.41) is 4.18. The van der Waals surface area contributed by atoms with E-state index >= 15 is 0 Å². The summed E-state index contributed by atoms with van der Waals surface area (Å²) in [6.45, 7) is 5.11. The number of carbonyl (C=O) groups excluding carboxylic acids is 1. The Kier molecular flexibility index (Phi) is 7.81. The number of nitrogens with zero attached hydrogens (tertiary/aromatic N) is 3. The van der Waals surface area contributed by atoms with E-state index in [1.807, 2.05) is 55.6 Å². The molecular weight excluding hydrogens is 444 g/mol. The number of hydrogen-bond acceptors (Lipinski definition) is 8. The maximum absolute atomic E-state index is 12.2. The number of carbonyl (C=O) groups is 1. The summed E-state index contributed by atoms with van der Waals surface area (Å²) in [7, 11) is 0. The second-order valence-corrected chi connectivity index (χ2v) is 8.21. The van der Waals surface area contributed by atoms with Gasteiger partial charge in [-0.25, -0.2) is 10.6 Å². The minimum atomic E-state index is -0.548. The molecule has 182 valence electrons. The molecule has 9 nitrogen and oxygen atoms in total. The first-order valence-corrected chi connectivity index (χ1v) is 11.4. The standard InChI is InChI=1S/C26H30N6O3/c1-19-7-8-22(30-26(33)35-18-20-5-3-2-4-6-20)14-25(19)32(28)17-24(27)21-13-23(16-29-15-21)31-9-11-34-12-10-31/h2-8,13-17H,9-12,18,27-28H2,1H3,(H,30,33)/b24-17-. The van der Waals surface area contributed by atoms with Gasteiger partial charge in [0.25, 0.3) is 0 Å². The number of aryl methyl sites for hydroxylation is 1. The Labute approximate surface area is 204 Å². The van der Waals surface area contributed by atoms with Crippen LogP contribution in [0.2, 0.25) is 0 Å². The molecule has 1 aromatic heterocycles. The topological polar surface area (TPSA) is 119 Å². The van der Waals surface area contributed by atoms with E-state index in [0.717, 1.165) is 35.5 Å². The van der Waals surface area contributed by atoms with Crippen molar-refractivity contribution >= 4 is 28.9 Å². The average Bonchev–Trinajstić information content (AvgIpc) is 2.89. The van der Waals surface area contributed by atoms with E-state index in [9.17, 15) is 4.79 Å². The van der Waals surface area contributed by atoms with Crippen molar-refractivity contribution in [2.75, 3.05) is 41.5 Å². The number of hydrazine groups is 1. The number of anilines is 3. The van der Waals surface area contributed by atoms with Gasteiger partial charge in [0.15, 0.2) is 0 Å². The van der Waals surface area contributed by atoms with Gasteiger partial charge in [-0.1, -0.05) is 36.4 Å². The molecule has 4 rings (SSSR count). The van der Waals surface area contributed by atoms with Crippen LogP contribution in [0.3, 0.4) is 0 Å². The number of morpholine rings is 1. The lowest BCUT2D eigenvalue weighted by atomic mass is 10.1. The maximum atomic E-state index is 12.2.